The summed E-state index contributed by atoms with van der Waals surface area (Å²) in [4.78, 5) is 4.40. The van der Waals surface area contributed by atoms with Gasteiger partial charge in [-0.3, -0.25) is 0 Å². The molecule has 3 aromatic rings. The number of aliphatic hydroxyl groups is 2. The van der Waals surface area contributed by atoms with Gasteiger partial charge in [0.2, 0.25) is 11.8 Å². The van der Waals surface area contributed by atoms with E-state index in [9.17, 15) is 15.5 Å². The summed E-state index contributed by atoms with van der Waals surface area (Å²) in [7, 11) is 1.51. The second kappa shape index (κ2) is 6.56. The molecule has 4 atom stereocenters. The number of nitriles is 1. The number of rotatable bonds is 3. The molecule has 1 aliphatic carbocycles. The molecule has 5 rings (SSSR count). The fourth-order valence-electron chi connectivity index (χ4n) is 4.99. The van der Waals surface area contributed by atoms with Crippen LogP contribution < -0.4 is 9.47 Å². The van der Waals surface area contributed by atoms with Crippen LogP contribution in [0, 0.1) is 11.3 Å². The number of nitrogens with zero attached hydrogens (tertiary/aromatic N) is 2. The smallest absolute Gasteiger partial charge is 0.224 e. The van der Waals surface area contributed by atoms with E-state index < -0.39 is 17.3 Å². The first-order valence-electron chi connectivity index (χ1n) is 9.75. The highest BCUT2D eigenvalue weighted by Crippen LogP contribution is 2.66. The summed E-state index contributed by atoms with van der Waals surface area (Å²) < 4.78 is 11.7. The van der Waals surface area contributed by atoms with Crippen LogP contribution in [0.5, 0.6) is 11.8 Å². The van der Waals surface area contributed by atoms with Crippen molar-refractivity contribution in [1.82, 2.24) is 4.98 Å². The molecule has 1 aliphatic heterocycles. The molecule has 0 bridgehead atoms. The third-order valence-electron chi connectivity index (χ3n) is 6.36. The van der Waals surface area contributed by atoms with Crippen LogP contribution in [-0.2, 0) is 11.2 Å². The highest BCUT2D eigenvalue weighted by atomic mass is 16.5. The molecule has 1 aromatic heterocycles. The van der Waals surface area contributed by atoms with E-state index >= 15 is 0 Å². The number of aliphatic hydroxyl groups excluding tert-OH is 1. The van der Waals surface area contributed by atoms with E-state index in [0.29, 0.717) is 29.0 Å². The lowest BCUT2D eigenvalue weighted by Gasteiger charge is -2.40. The predicted octanol–water partition coefficient (Wildman–Crippen LogP) is 2.99. The lowest BCUT2D eigenvalue weighted by molar-refractivity contribution is -0.149. The number of methoxy groups -OCH3 is 1. The van der Waals surface area contributed by atoms with E-state index in [2.05, 4.69) is 11.1 Å². The normalized spacial score (nSPS) is 28.9. The third kappa shape index (κ3) is 2.28. The summed E-state index contributed by atoms with van der Waals surface area (Å²) in [6.07, 6.45) is -0.763. The van der Waals surface area contributed by atoms with Crippen LogP contribution in [0.25, 0.3) is 0 Å². The first kappa shape index (κ1) is 18.6. The lowest BCUT2D eigenvalue weighted by atomic mass is 9.71. The molecule has 6 heteroatoms. The summed E-state index contributed by atoms with van der Waals surface area (Å²) in [5.41, 5.74) is -0.468. The van der Waals surface area contributed by atoms with Crippen LogP contribution in [0.3, 0.4) is 0 Å². The van der Waals surface area contributed by atoms with Gasteiger partial charge in [0, 0.05) is 12.0 Å². The summed E-state index contributed by atoms with van der Waals surface area (Å²) in [6.45, 7) is 0. The number of ether oxygens (including phenoxy) is 2. The maximum atomic E-state index is 12.1. The first-order valence-corrected chi connectivity index (χ1v) is 9.75. The van der Waals surface area contributed by atoms with Gasteiger partial charge in [-0.1, -0.05) is 42.5 Å². The molecule has 2 aromatic carbocycles. The Bertz CT molecular complexity index is 1140. The quantitative estimate of drug-likeness (QED) is 0.702. The Hall–Kier alpha value is -3.40. The fraction of sp³-hybridized carbons (Fsp3) is 0.250. The highest BCUT2D eigenvalue weighted by molar-refractivity contribution is 5.53. The average molecular weight is 400 g/mol. The lowest BCUT2D eigenvalue weighted by Crippen LogP contribution is -2.51. The predicted molar refractivity (Wildman–Crippen MR) is 108 cm³/mol. The van der Waals surface area contributed by atoms with E-state index in [-0.39, 0.29) is 11.8 Å². The van der Waals surface area contributed by atoms with Crippen molar-refractivity contribution in [2.45, 2.75) is 29.6 Å². The first-order chi connectivity index (χ1) is 14.5. The largest absolute Gasteiger partial charge is 0.481 e. The van der Waals surface area contributed by atoms with Crippen molar-refractivity contribution in [3.8, 4) is 17.8 Å². The van der Waals surface area contributed by atoms with Gasteiger partial charge < -0.3 is 19.7 Å². The molecule has 1 saturated carbocycles. The molecule has 2 heterocycles. The van der Waals surface area contributed by atoms with Gasteiger partial charge in [0.1, 0.15) is 0 Å². The van der Waals surface area contributed by atoms with Crippen LogP contribution in [0.2, 0.25) is 0 Å². The summed E-state index contributed by atoms with van der Waals surface area (Å²) >= 11 is 0. The zero-order valence-electron chi connectivity index (χ0n) is 16.3. The standard InChI is InChI=1S/C24H20N2O4/c1-29-21-12-11-18-22(26-21)30-24(17-9-7-15(14-25)8-10-17)19(13-20(27)23(18,24)28)16-5-3-2-4-6-16/h2-12,19-20,27-28H,13H2,1H3/t19-,20+,23-,24-/m0/s1. The van der Waals surface area contributed by atoms with Crippen LogP contribution in [0.4, 0.5) is 0 Å². The van der Waals surface area contributed by atoms with E-state index in [1.807, 2.05) is 30.3 Å². The van der Waals surface area contributed by atoms with Crippen LogP contribution in [-0.4, -0.2) is 28.4 Å². The van der Waals surface area contributed by atoms with Gasteiger partial charge in [-0.25, -0.2) is 0 Å². The molecular formula is C24H20N2O4. The van der Waals surface area contributed by atoms with E-state index in [1.54, 1.807) is 36.4 Å². The third-order valence-corrected chi connectivity index (χ3v) is 6.36. The van der Waals surface area contributed by atoms with Crippen molar-refractivity contribution in [3.05, 3.63) is 89.0 Å². The Kier molecular flexibility index (Phi) is 4.07. The van der Waals surface area contributed by atoms with Gasteiger partial charge in [-0.15, -0.1) is 0 Å². The van der Waals surface area contributed by atoms with Gasteiger partial charge in [0.25, 0.3) is 0 Å². The molecule has 0 radical (unpaired) electrons. The number of hydrogen-bond acceptors (Lipinski definition) is 6. The molecular weight excluding hydrogens is 380 g/mol. The Morgan fingerprint density at radius 2 is 1.83 bits per heavy atom. The molecule has 30 heavy (non-hydrogen) atoms. The number of aromatic nitrogens is 1. The van der Waals surface area contributed by atoms with E-state index in [4.69, 9.17) is 9.47 Å². The van der Waals surface area contributed by atoms with Gasteiger partial charge in [0.05, 0.1) is 30.4 Å². The average Bonchev–Trinajstić information content (AvgIpc) is 3.19. The maximum Gasteiger partial charge on any atom is 0.224 e. The molecule has 0 unspecified atom stereocenters. The molecule has 0 amide bonds. The van der Waals surface area contributed by atoms with Gasteiger partial charge >= 0.3 is 0 Å². The molecule has 1 fully saturated rings. The molecule has 0 spiro atoms. The minimum atomic E-state index is -1.71. The van der Waals surface area contributed by atoms with E-state index in [1.165, 1.54) is 7.11 Å². The maximum absolute atomic E-state index is 12.1. The number of benzene rings is 2. The molecule has 2 aliphatic rings. The zero-order chi connectivity index (χ0) is 20.9. The van der Waals surface area contributed by atoms with Crippen molar-refractivity contribution in [1.29, 1.82) is 5.26 Å². The van der Waals surface area contributed by atoms with Gasteiger partial charge in [-0.2, -0.15) is 10.2 Å². The second-order valence-electron chi connectivity index (χ2n) is 7.71. The molecule has 0 saturated heterocycles. The summed E-state index contributed by atoms with van der Waals surface area (Å²) in [6, 6.07) is 22.1. The number of pyridine rings is 1. The Labute approximate surface area is 174 Å². The van der Waals surface area contributed by atoms with Gasteiger partial charge in [0.15, 0.2) is 11.2 Å². The Balaban J connectivity index is 1.78. The SMILES string of the molecule is COc1ccc2c(n1)O[C@@]1(c3ccc(C#N)cc3)[C@H](c3ccccc3)C[C@@H](O)[C@@]21O. The summed E-state index contributed by atoms with van der Waals surface area (Å²) in [5, 5.41) is 32.4. The topological polar surface area (TPSA) is 95.6 Å². The zero-order valence-corrected chi connectivity index (χ0v) is 16.3. The summed E-state index contributed by atoms with van der Waals surface area (Å²) in [5.74, 6) is 0.255. The van der Waals surface area contributed by atoms with Crippen molar-refractivity contribution in [2.24, 2.45) is 0 Å². The minimum Gasteiger partial charge on any atom is -0.481 e. The van der Waals surface area contributed by atoms with Crippen LogP contribution >= 0.6 is 0 Å². The molecule has 2 N–H and O–H groups in total. The fourth-order valence-corrected chi connectivity index (χ4v) is 4.99. The van der Waals surface area contributed by atoms with Crippen LogP contribution in [0.15, 0.2) is 66.7 Å². The second-order valence-corrected chi connectivity index (χ2v) is 7.71. The number of hydrogen-bond donors (Lipinski definition) is 2. The number of fused-ring (bicyclic) bond motifs is 3. The van der Waals surface area contributed by atoms with Crippen molar-refractivity contribution >= 4 is 0 Å². The van der Waals surface area contributed by atoms with Crippen molar-refractivity contribution in [2.75, 3.05) is 7.11 Å². The van der Waals surface area contributed by atoms with Gasteiger partial charge in [-0.05, 0) is 35.7 Å². The highest BCUT2D eigenvalue weighted by Gasteiger charge is 2.73. The minimum absolute atomic E-state index is 0.237. The Morgan fingerprint density at radius 1 is 1.10 bits per heavy atom. The van der Waals surface area contributed by atoms with Crippen molar-refractivity contribution < 1.29 is 19.7 Å². The Morgan fingerprint density at radius 3 is 2.50 bits per heavy atom. The molecule has 6 nitrogen and oxygen atoms in total. The van der Waals surface area contributed by atoms with Crippen LogP contribution in [0.1, 0.15) is 34.6 Å². The van der Waals surface area contributed by atoms with Crippen molar-refractivity contribution in [3.63, 3.8) is 0 Å². The molecule has 150 valence electrons. The monoisotopic (exact) mass is 400 g/mol. The van der Waals surface area contributed by atoms with E-state index in [0.717, 1.165) is 5.56 Å².